The van der Waals surface area contributed by atoms with Gasteiger partial charge in [0.1, 0.15) is 14.5 Å². The van der Waals surface area contributed by atoms with Gasteiger partial charge < -0.3 is 9.64 Å². The third kappa shape index (κ3) is 2.83. The second kappa shape index (κ2) is 7.30. The van der Waals surface area contributed by atoms with Gasteiger partial charge in [0.25, 0.3) is 5.56 Å². The first-order valence-corrected chi connectivity index (χ1v) is 11.1. The number of ether oxygens (including phenoxy) is 1. The summed E-state index contributed by atoms with van der Waals surface area (Å²) in [5.74, 6) is -0.379. The molecule has 0 bridgehead atoms. The van der Waals surface area contributed by atoms with Crippen LogP contribution in [0.4, 0.5) is 5.69 Å². The highest BCUT2D eigenvalue weighted by atomic mass is 32.2. The normalized spacial score (nSPS) is 16.1. The molecule has 0 N–H and O–H groups in total. The summed E-state index contributed by atoms with van der Waals surface area (Å²) in [6.45, 7) is 3.95. The molecule has 6 nitrogen and oxygen atoms in total. The SMILES string of the molecule is CCOC(=O)C1=C(C)N(c2ccccc2)C(=c2sc3nc4ccccc4n3c2=O)S1. The maximum absolute atomic E-state index is 13.4. The van der Waals surface area contributed by atoms with Crippen LogP contribution in [-0.4, -0.2) is 22.0 Å². The molecule has 30 heavy (non-hydrogen) atoms. The van der Waals surface area contributed by atoms with Crippen molar-refractivity contribution < 1.29 is 9.53 Å². The van der Waals surface area contributed by atoms with Gasteiger partial charge in [0.15, 0.2) is 4.96 Å². The molecule has 5 rings (SSSR count). The highest BCUT2D eigenvalue weighted by Gasteiger charge is 2.33. The van der Waals surface area contributed by atoms with Gasteiger partial charge >= 0.3 is 5.97 Å². The smallest absolute Gasteiger partial charge is 0.346 e. The highest BCUT2D eigenvalue weighted by molar-refractivity contribution is 8.12. The number of allylic oxidation sites excluding steroid dienone is 1. The van der Waals surface area contributed by atoms with E-state index in [4.69, 9.17) is 4.74 Å². The summed E-state index contributed by atoms with van der Waals surface area (Å²) in [7, 11) is 0. The first-order valence-electron chi connectivity index (χ1n) is 9.45. The summed E-state index contributed by atoms with van der Waals surface area (Å²) in [6, 6.07) is 17.3. The van der Waals surface area contributed by atoms with Gasteiger partial charge in [0.05, 0.1) is 17.6 Å². The van der Waals surface area contributed by atoms with Crippen molar-refractivity contribution in [2.75, 3.05) is 11.5 Å². The van der Waals surface area contributed by atoms with Crippen LogP contribution in [0.1, 0.15) is 13.8 Å². The molecule has 0 radical (unpaired) electrons. The van der Waals surface area contributed by atoms with Crippen LogP contribution in [0.25, 0.3) is 21.0 Å². The fourth-order valence-electron chi connectivity index (χ4n) is 3.53. The zero-order valence-corrected chi connectivity index (χ0v) is 17.9. The fraction of sp³-hybridized carbons (Fsp3) is 0.136. The Morgan fingerprint density at radius 3 is 2.60 bits per heavy atom. The lowest BCUT2D eigenvalue weighted by Gasteiger charge is -2.20. The lowest BCUT2D eigenvalue weighted by molar-refractivity contribution is -0.137. The van der Waals surface area contributed by atoms with Gasteiger partial charge in [0, 0.05) is 11.4 Å². The van der Waals surface area contributed by atoms with Crippen LogP contribution in [0.15, 0.2) is 70.0 Å². The molecule has 0 aliphatic carbocycles. The molecule has 1 aliphatic heterocycles. The predicted molar refractivity (Wildman–Crippen MR) is 121 cm³/mol. The quantitative estimate of drug-likeness (QED) is 0.457. The van der Waals surface area contributed by atoms with Crippen molar-refractivity contribution >= 4 is 55.8 Å². The van der Waals surface area contributed by atoms with Crippen LogP contribution < -0.4 is 15.0 Å². The van der Waals surface area contributed by atoms with Crippen molar-refractivity contribution in [3.8, 4) is 0 Å². The number of nitrogens with zero attached hydrogens (tertiary/aromatic N) is 3. The van der Waals surface area contributed by atoms with E-state index < -0.39 is 0 Å². The van der Waals surface area contributed by atoms with Crippen LogP contribution in [0.2, 0.25) is 0 Å². The summed E-state index contributed by atoms with van der Waals surface area (Å²) in [4.78, 5) is 33.7. The number of thioether (sulfide) groups is 1. The van der Waals surface area contributed by atoms with E-state index in [2.05, 4.69) is 4.98 Å². The Morgan fingerprint density at radius 2 is 1.83 bits per heavy atom. The van der Waals surface area contributed by atoms with E-state index in [1.165, 1.54) is 23.1 Å². The maximum atomic E-state index is 13.4. The van der Waals surface area contributed by atoms with Crippen molar-refractivity contribution in [1.82, 2.24) is 9.38 Å². The van der Waals surface area contributed by atoms with Gasteiger partial charge in [-0.05, 0) is 38.1 Å². The molecule has 0 unspecified atom stereocenters. The molecule has 0 saturated heterocycles. The summed E-state index contributed by atoms with van der Waals surface area (Å²) in [6.07, 6.45) is 0. The predicted octanol–water partition coefficient (Wildman–Crippen LogP) is 3.74. The summed E-state index contributed by atoms with van der Waals surface area (Å²) in [5, 5.41) is 0.700. The number of hydrogen-bond acceptors (Lipinski definition) is 7. The number of esters is 1. The largest absolute Gasteiger partial charge is 0.462 e. The standard InChI is InChI=1S/C22H17N3O3S2/c1-3-28-21(27)17-13(2)24(14-9-5-4-6-10-14)20(29-17)18-19(26)25-16-12-8-7-11-15(16)23-22(25)30-18/h4-12H,3H2,1-2H3. The van der Waals surface area contributed by atoms with E-state index in [0.29, 0.717) is 26.0 Å². The Bertz CT molecular complexity index is 1440. The van der Waals surface area contributed by atoms with Crippen molar-refractivity contribution in [3.63, 3.8) is 0 Å². The minimum Gasteiger partial charge on any atom is -0.462 e. The van der Waals surface area contributed by atoms with Crippen LogP contribution >= 0.6 is 23.1 Å². The average molecular weight is 436 g/mol. The number of fused-ring (bicyclic) bond motifs is 3. The number of rotatable bonds is 3. The van der Waals surface area contributed by atoms with Crippen molar-refractivity contribution in [3.05, 3.63) is 80.1 Å². The topological polar surface area (TPSA) is 63.9 Å². The summed E-state index contributed by atoms with van der Waals surface area (Å²) >= 11 is 2.61. The lowest BCUT2D eigenvalue weighted by Crippen LogP contribution is -2.29. The zero-order valence-electron chi connectivity index (χ0n) is 16.3. The van der Waals surface area contributed by atoms with Gasteiger partial charge in [-0.15, -0.1) is 0 Å². The van der Waals surface area contributed by atoms with Crippen LogP contribution in [0.3, 0.4) is 0 Å². The number of imidazole rings is 1. The van der Waals surface area contributed by atoms with Gasteiger partial charge in [0.2, 0.25) is 0 Å². The highest BCUT2D eigenvalue weighted by Crippen LogP contribution is 2.44. The van der Waals surface area contributed by atoms with Crippen molar-refractivity contribution in [1.29, 1.82) is 0 Å². The van der Waals surface area contributed by atoms with E-state index in [-0.39, 0.29) is 11.5 Å². The van der Waals surface area contributed by atoms with Crippen LogP contribution in [0, 0.1) is 0 Å². The fourth-order valence-corrected chi connectivity index (χ4v) is 5.83. The monoisotopic (exact) mass is 435 g/mol. The van der Waals surface area contributed by atoms with Gasteiger partial charge in [-0.1, -0.05) is 53.4 Å². The van der Waals surface area contributed by atoms with Crippen LogP contribution in [0.5, 0.6) is 0 Å². The molecule has 4 aromatic rings. The number of hydrogen-bond donors (Lipinski definition) is 0. The molecular weight excluding hydrogens is 418 g/mol. The number of carbonyl (C=O) groups is 1. The van der Waals surface area contributed by atoms with Crippen molar-refractivity contribution in [2.45, 2.75) is 13.8 Å². The molecule has 8 heteroatoms. The number of carbonyl (C=O) groups excluding carboxylic acids is 1. The van der Waals surface area contributed by atoms with Gasteiger partial charge in [-0.3, -0.25) is 4.79 Å². The Morgan fingerprint density at radius 1 is 1.10 bits per heavy atom. The molecule has 0 spiro atoms. The molecule has 0 fully saturated rings. The zero-order chi connectivity index (χ0) is 20.8. The number of thiazole rings is 1. The molecule has 0 amide bonds. The number of anilines is 1. The Hall–Kier alpha value is -3.10. The van der Waals surface area contributed by atoms with E-state index in [0.717, 1.165) is 22.4 Å². The Balaban J connectivity index is 1.78. The molecular formula is C22H17N3O3S2. The Kier molecular flexibility index (Phi) is 4.60. The molecule has 0 saturated carbocycles. The Labute approximate surface area is 180 Å². The van der Waals surface area contributed by atoms with E-state index in [9.17, 15) is 9.59 Å². The number of aromatic nitrogens is 2. The minimum absolute atomic E-state index is 0.134. The molecule has 150 valence electrons. The third-order valence-corrected chi connectivity index (χ3v) is 7.26. The van der Waals surface area contributed by atoms with E-state index in [1.807, 2.05) is 66.4 Å². The molecule has 0 atom stereocenters. The molecule has 1 aliphatic rings. The molecule has 2 aromatic heterocycles. The lowest BCUT2D eigenvalue weighted by atomic mass is 10.2. The average Bonchev–Trinajstić information content (AvgIpc) is 3.39. The first kappa shape index (κ1) is 18.9. The van der Waals surface area contributed by atoms with Crippen molar-refractivity contribution in [2.24, 2.45) is 0 Å². The number of benzene rings is 2. The minimum atomic E-state index is -0.379. The van der Waals surface area contributed by atoms with E-state index >= 15 is 0 Å². The molecule has 3 heterocycles. The van der Waals surface area contributed by atoms with Gasteiger partial charge in [-0.25, -0.2) is 14.2 Å². The maximum Gasteiger partial charge on any atom is 0.346 e. The second-order valence-electron chi connectivity index (χ2n) is 6.67. The second-order valence-corrected chi connectivity index (χ2v) is 8.64. The summed E-state index contributed by atoms with van der Waals surface area (Å²) in [5.41, 5.74) is 3.06. The summed E-state index contributed by atoms with van der Waals surface area (Å²) < 4.78 is 7.44. The van der Waals surface area contributed by atoms with Gasteiger partial charge in [-0.2, -0.15) is 0 Å². The van der Waals surface area contributed by atoms with Crippen LogP contribution in [-0.2, 0) is 9.53 Å². The number of para-hydroxylation sites is 3. The first-order chi connectivity index (χ1) is 14.6. The van der Waals surface area contributed by atoms with E-state index in [1.54, 1.807) is 11.3 Å². The molecule has 2 aromatic carbocycles. The third-order valence-electron chi connectivity index (χ3n) is 4.86.